The van der Waals surface area contributed by atoms with Crippen molar-refractivity contribution in [2.45, 2.75) is 34.0 Å². The second kappa shape index (κ2) is 10.1. The minimum Gasteiger partial charge on any atom is -0.350 e. The Bertz CT molecular complexity index is 1270. The molecule has 0 atom stereocenters. The summed E-state index contributed by atoms with van der Waals surface area (Å²) in [4.78, 5) is 26.7. The fraction of sp³-hybridized carbons (Fsp3) is 0.318. The summed E-state index contributed by atoms with van der Waals surface area (Å²) in [6.45, 7) is 7.16. The zero-order chi connectivity index (χ0) is 24.1. The number of rotatable bonds is 9. The summed E-state index contributed by atoms with van der Waals surface area (Å²) in [7, 11) is 0. The zero-order valence-corrected chi connectivity index (χ0v) is 19.2. The lowest BCUT2D eigenvalue weighted by atomic mass is 10.2. The highest BCUT2D eigenvalue weighted by molar-refractivity contribution is 6.07. The van der Waals surface area contributed by atoms with E-state index in [1.165, 1.54) is 9.48 Å². The van der Waals surface area contributed by atoms with Crippen LogP contribution in [0.4, 0.5) is 5.69 Å². The topological polar surface area (TPSA) is 137 Å². The molecule has 176 valence electrons. The second-order valence-corrected chi connectivity index (χ2v) is 8.04. The van der Waals surface area contributed by atoms with Crippen LogP contribution in [0.1, 0.15) is 41.7 Å². The average molecular weight is 463 g/mol. The van der Waals surface area contributed by atoms with Crippen LogP contribution >= 0.6 is 0 Å². The van der Waals surface area contributed by atoms with Crippen LogP contribution in [0, 0.1) is 5.92 Å². The van der Waals surface area contributed by atoms with E-state index in [9.17, 15) is 9.59 Å². The number of carbonyl (C=O) groups excluding carboxylic acids is 2. The highest BCUT2D eigenvalue weighted by Crippen LogP contribution is 2.16. The Morgan fingerprint density at radius 2 is 1.79 bits per heavy atom. The maximum absolute atomic E-state index is 12.8. The van der Waals surface area contributed by atoms with Crippen LogP contribution in [-0.4, -0.2) is 58.1 Å². The van der Waals surface area contributed by atoms with Crippen LogP contribution in [-0.2, 0) is 13.2 Å². The van der Waals surface area contributed by atoms with E-state index in [4.69, 9.17) is 0 Å². The van der Waals surface area contributed by atoms with E-state index in [0.29, 0.717) is 30.5 Å². The fourth-order valence-corrected chi connectivity index (χ4v) is 3.11. The fourth-order valence-electron chi connectivity index (χ4n) is 3.11. The molecule has 0 bridgehead atoms. The Morgan fingerprint density at radius 3 is 2.53 bits per heavy atom. The predicted molar refractivity (Wildman–Crippen MR) is 124 cm³/mol. The largest absolute Gasteiger partial charge is 0.350 e. The van der Waals surface area contributed by atoms with Gasteiger partial charge in [0, 0.05) is 31.0 Å². The first kappa shape index (κ1) is 22.8. The molecule has 1 aromatic carbocycles. The Balaban J connectivity index is 1.43. The first-order chi connectivity index (χ1) is 16.4. The number of aryl methyl sites for hydroxylation is 1. The first-order valence-electron chi connectivity index (χ1n) is 11.0. The quantitative estimate of drug-likeness (QED) is 0.387. The van der Waals surface area contributed by atoms with Gasteiger partial charge in [0.15, 0.2) is 18.1 Å². The van der Waals surface area contributed by atoms with Crippen LogP contribution in [0.15, 0.2) is 48.8 Å². The number of amides is 2. The molecule has 34 heavy (non-hydrogen) atoms. The normalized spacial score (nSPS) is 11.1. The Kier molecular flexibility index (Phi) is 6.76. The van der Waals surface area contributed by atoms with E-state index in [2.05, 4.69) is 36.2 Å². The van der Waals surface area contributed by atoms with Gasteiger partial charge in [0.1, 0.15) is 0 Å². The molecule has 12 nitrogen and oxygen atoms in total. The van der Waals surface area contributed by atoms with Crippen molar-refractivity contribution in [1.29, 1.82) is 0 Å². The second-order valence-electron chi connectivity index (χ2n) is 8.04. The van der Waals surface area contributed by atoms with Crippen molar-refractivity contribution in [3.8, 4) is 11.4 Å². The van der Waals surface area contributed by atoms with E-state index < -0.39 is 5.91 Å². The lowest BCUT2D eigenvalue weighted by Crippen LogP contribution is -2.29. The van der Waals surface area contributed by atoms with Crippen molar-refractivity contribution >= 4 is 17.5 Å². The molecular weight excluding hydrogens is 436 g/mol. The molecule has 0 aliphatic rings. The lowest BCUT2D eigenvalue weighted by molar-refractivity contribution is 0.0944. The summed E-state index contributed by atoms with van der Waals surface area (Å²) in [6, 6.07) is 11.1. The van der Waals surface area contributed by atoms with Crippen molar-refractivity contribution in [3.05, 3.63) is 60.2 Å². The van der Waals surface area contributed by atoms with Crippen LogP contribution in [0.2, 0.25) is 0 Å². The molecule has 4 rings (SSSR count). The molecule has 3 aromatic heterocycles. The average Bonchev–Trinajstić information content (AvgIpc) is 3.58. The number of hydrogen-bond donors (Lipinski definition) is 2. The van der Waals surface area contributed by atoms with Crippen LogP contribution in [0.3, 0.4) is 0 Å². The summed E-state index contributed by atoms with van der Waals surface area (Å²) >= 11 is 0. The van der Waals surface area contributed by atoms with Gasteiger partial charge in [0.25, 0.3) is 11.8 Å². The molecule has 0 radical (unpaired) electrons. The third-order valence-electron chi connectivity index (χ3n) is 4.85. The predicted octanol–water partition coefficient (Wildman–Crippen LogP) is 1.90. The number of benzene rings is 1. The van der Waals surface area contributed by atoms with E-state index in [-0.39, 0.29) is 24.0 Å². The number of nitrogens with zero attached hydrogens (tertiary/aromatic N) is 8. The molecule has 12 heteroatoms. The van der Waals surface area contributed by atoms with Gasteiger partial charge in [-0.05, 0) is 24.1 Å². The van der Waals surface area contributed by atoms with E-state index in [1.54, 1.807) is 23.1 Å². The van der Waals surface area contributed by atoms with Gasteiger partial charge < -0.3 is 10.6 Å². The van der Waals surface area contributed by atoms with Gasteiger partial charge in [-0.2, -0.15) is 10.2 Å². The molecular formula is C22H26N10O2. The van der Waals surface area contributed by atoms with Crippen molar-refractivity contribution in [2.75, 3.05) is 11.9 Å². The van der Waals surface area contributed by atoms with Crippen molar-refractivity contribution in [3.63, 3.8) is 0 Å². The third-order valence-corrected chi connectivity index (χ3v) is 4.85. The summed E-state index contributed by atoms with van der Waals surface area (Å²) in [5.41, 5.74) is 1.53. The molecule has 0 spiro atoms. The number of tetrazole rings is 1. The minimum atomic E-state index is -0.455. The maximum atomic E-state index is 12.8. The third kappa shape index (κ3) is 5.34. The van der Waals surface area contributed by atoms with Crippen molar-refractivity contribution < 1.29 is 9.59 Å². The van der Waals surface area contributed by atoms with Gasteiger partial charge >= 0.3 is 0 Å². The van der Waals surface area contributed by atoms with Gasteiger partial charge in [-0.15, -0.1) is 15.0 Å². The first-order valence-corrected chi connectivity index (χ1v) is 11.0. The van der Waals surface area contributed by atoms with Crippen molar-refractivity contribution in [2.24, 2.45) is 5.92 Å². The Morgan fingerprint density at radius 1 is 1.00 bits per heavy atom. The van der Waals surface area contributed by atoms with Gasteiger partial charge in [-0.1, -0.05) is 44.2 Å². The molecule has 2 N–H and O–H groups in total. The van der Waals surface area contributed by atoms with Crippen molar-refractivity contribution in [1.82, 2.24) is 45.1 Å². The molecule has 4 aromatic rings. The highest BCUT2D eigenvalue weighted by atomic mass is 16.2. The zero-order valence-electron chi connectivity index (χ0n) is 19.2. The number of hydrogen-bond acceptors (Lipinski definition) is 7. The van der Waals surface area contributed by atoms with Gasteiger partial charge in [-0.3, -0.25) is 14.3 Å². The molecule has 0 aliphatic heterocycles. The standard InChI is InChI=1S/C22H26N10O2/c1-4-30-13-18(19(27-30)22(34)23-12-15(2)3)24-21(33)17-10-11-31(26-17)14-32-28-20(25-29-32)16-8-6-5-7-9-16/h5-11,13,15H,4,12,14H2,1-3H3,(H,23,34)(H,24,33). The van der Waals surface area contributed by atoms with Crippen LogP contribution in [0.5, 0.6) is 0 Å². The van der Waals surface area contributed by atoms with E-state index >= 15 is 0 Å². The smallest absolute Gasteiger partial charge is 0.276 e. The van der Waals surface area contributed by atoms with Gasteiger partial charge in [0.05, 0.1) is 5.69 Å². The number of aromatic nitrogens is 8. The number of carbonyl (C=O) groups is 2. The SMILES string of the molecule is CCn1cc(NC(=O)c2ccn(Cn3nnc(-c4ccccc4)n3)n2)c(C(=O)NCC(C)C)n1. The molecule has 0 saturated carbocycles. The lowest BCUT2D eigenvalue weighted by Gasteiger charge is -2.07. The molecule has 2 amide bonds. The molecule has 0 fully saturated rings. The number of nitrogens with one attached hydrogen (secondary N) is 2. The monoisotopic (exact) mass is 462 g/mol. The Labute approximate surface area is 196 Å². The molecule has 0 saturated heterocycles. The van der Waals surface area contributed by atoms with Gasteiger partial charge in [0.2, 0.25) is 5.82 Å². The highest BCUT2D eigenvalue weighted by Gasteiger charge is 2.20. The summed E-state index contributed by atoms with van der Waals surface area (Å²) in [5, 5.41) is 26.6. The molecule has 0 unspecified atom stereocenters. The van der Waals surface area contributed by atoms with E-state index in [0.717, 1.165) is 5.56 Å². The maximum Gasteiger partial charge on any atom is 0.276 e. The summed E-state index contributed by atoms with van der Waals surface area (Å²) in [6.07, 6.45) is 3.27. The number of anilines is 1. The molecule has 3 heterocycles. The summed E-state index contributed by atoms with van der Waals surface area (Å²) in [5.74, 6) is 0.00133. The van der Waals surface area contributed by atoms with Crippen LogP contribution in [0.25, 0.3) is 11.4 Å². The molecule has 0 aliphatic carbocycles. The van der Waals surface area contributed by atoms with Crippen LogP contribution < -0.4 is 10.6 Å². The Hall–Kier alpha value is -4.35. The summed E-state index contributed by atoms with van der Waals surface area (Å²) < 4.78 is 3.12. The minimum absolute atomic E-state index is 0.163. The van der Waals surface area contributed by atoms with Gasteiger partial charge in [-0.25, -0.2) is 4.68 Å². The van der Waals surface area contributed by atoms with E-state index in [1.807, 2.05) is 51.1 Å².